The molecule has 0 fully saturated rings. The Morgan fingerprint density at radius 2 is 1.71 bits per heavy atom. The lowest BCUT2D eigenvalue weighted by Gasteiger charge is -2.08. The van der Waals surface area contributed by atoms with Crippen molar-refractivity contribution in [3.63, 3.8) is 0 Å². The summed E-state index contributed by atoms with van der Waals surface area (Å²) in [5.74, 6) is -0.221. The van der Waals surface area contributed by atoms with E-state index in [4.69, 9.17) is 9.84 Å². The standard InChI is InChI=1S/C18H20N2O4/c21-12-4-11-19-17(22)15-7-9-16(10-8-15)20-18(23)24-13-14-5-2-1-3-6-14/h1-3,5-10,21H,4,11-13H2,(H,19,22)(H,20,23). The van der Waals surface area contributed by atoms with E-state index in [1.54, 1.807) is 24.3 Å². The highest BCUT2D eigenvalue weighted by Crippen LogP contribution is 2.10. The molecule has 2 rings (SSSR count). The number of benzene rings is 2. The molecule has 126 valence electrons. The van der Waals surface area contributed by atoms with Crippen LogP contribution in [0.2, 0.25) is 0 Å². The van der Waals surface area contributed by atoms with E-state index in [1.807, 2.05) is 30.3 Å². The Labute approximate surface area is 140 Å². The lowest BCUT2D eigenvalue weighted by atomic mass is 10.2. The molecule has 2 aromatic carbocycles. The Hall–Kier alpha value is -2.86. The van der Waals surface area contributed by atoms with Gasteiger partial charge in [-0.25, -0.2) is 4.79 Å². The number of rotatable bonds is 7. The molecule has 0 spiro atoms. The van der Waals surface area contributed by atoms with Gasteiger partial charge in [0.25, 0.3) is 5.91 Å². The van der Waals surface area contributed by atoms with Crippen LogP contribution in [-0.2, 0) is 11.3 Å². The molecular weight excluding hydrogens is 308 g/mol. The highest BCUT2D eigenvalue weighted by molar-refractivity contribution is 5.95. The Bertz CT molecular complexity index is 656. The van der Waals surface area contributed by atoms with Gasteiger partial charge >= 0.3 is 6.09 Å². The number of aliphatic hydroxyl groups is 1. The van der Waals surface area contributed by atoms with E-state index in [-0.39, 0.29) is 19.1 Å². The lowest BCUT2D eigenvalue weighted by molar-refractivity contribution is 0.0951. The third-order valence-corrected chi connectivity index (χ3v) is 3.23. The Morgan fingerprint density at radius 1 is 1.00 bits per heavy atom. The van der Waals surface area contributed by atoms with Gasteiger partial charge in [0.2, 0.25) is 0 Å². The molecule has 24 heavy (non-hydrogen) atoms. The molecule has 6 nitrogen and oxygen atoms in total. The van der Waals surface area contributed by atoms with Crippen molar-refractivity contribution < 1.29 is 19.4 Å². The van der Waals surface area contributed by atoms with E-state index in [1.165, 1.54) is 0 Å². The van der Waals surface area contributed by atoms with Crippen molar-refractivity contribution in [1.82, 2.24) is 5.32 Å². The second-order valence-electron chi connectivity index (χ2n) is 5.10. The van der Waals surface area contributed by atoms with Crippen LogP contribution in [0.15, 0.2) is 54.6 Å². The van der Waals surface area contributed by atoms with Crippen molar-refractivity contribution in [2.45, 2.75) is 13.0 Å². The average Bonchev–Trinajstić information content (AvgIpc) is 2.61. The van der Waals surface area contributed by atoms with Crippen molar-refractivity contribution in [2.75, 3.05) is 18.5 Å². The van der Waals surface area contributed by atoms with Crippen molar-refractivity contribution in [3.8, 4) is 0 Å². The molecule has 0 saturated carbocycles. The van der Waals surface area contributed by atoms with E-state index < -0.39 is 6.09 Å². The third-order valence-electron chi connectivity index (χ3n) is 3.23. The molecule has 0 aliphatic rings. The van der Waals surface area contributed by atoms with Crippen molar-refractivity contribution in [3.05, 3.63) is 65.7 Å². The van der Waals surface area contributed by atoms with E-state index in [0.717, 1.165) is 5.56 Å². The zero-order chi connectivity index (χ0) is 17.2. The molecule has 0 atom stereocenters. The molecule has 0 radical (unpaired) electrons. The van der Waals surface area contributed by atoms with Gasteiger partial charge in [0.15, 0.2) is 0 Å². The molecule has 0 unspecified atom stereocenters. The van der Waals surface area contributed by atoms with Gasteiger partial charge in [0.1, 0.15) is 6.61 Å². The van der Waals surface area contributed by atoms with Crippen molar-refractivity contribution in [1.29, 1.82) is 0 Å². The molecule has 0 saturated heterocycles. The number of anilines is 1. The van der Waals surface area contributed by atoms with Crippen LogP contribution < -0.4 is 10.6 Å². The summed E-state index contributed by atoms with van der Waals surface area (Å²) >= 11 is 0. The normalized spacial score (nSPS) is 10.0. The Morgan fingerprint density at radius 3 is 2.38 bits per heavy atom. The molecule has 0 heterocycles. The first-order valence-electron chi connectivity index (χ1n) is 7.66. The van der Waals surface area contributed by atoms with Crippen LogP contribution in [0.4, 0.5) is 10.5 Å². The first-order chi connectivity index (χ1) is 11.7. The molecule has 2 aromatic rings. The fourth-order valence-electron chi connectivity index (χ4n) is 1.97. The lowest BCUT2D eigenvalue weighted by Crippen LogP contribution is -2.25. The largest absolute Gasteiger partial charge is 0.444 e. The van der Waals surface area contributed by atoms with Crippen LogP contribution in [0.25, 0.3) is 0 Å². The number of hydrogen-bond acceptors (Lipinski definition) is 4. The van der Waals surface area contributed by atoms with Gasteiger partial charge in [-0.05, 0) is 36.2 Å². The van der Waals surface area contributed by atoms with Gasteiger partial charge in [0.05, 0.1) is 0 Å². The van der Waals surface area contributed by atoms with Gasteiger partial charge in [-0.1, -0.05) is 30.3 Å². The minimum Gasteiger partial charge on any atom is -0.444 e. The molecule has 0 aliphatic heterocycles. The van der Waals surface area contributed by atoms with Crippen LogP contribution in [0.1, 0.15) is 22.3 Å². The van der Waals surface area contributed by atoms with Gasteiger partial charge in [0, 0.05) is 24.4 Å². The van der Waals surface area contributed by atoms with E-state index in [0.29, 0.717) is 24.2 Å². The number of amides is 2. The van der Waals surface area contributed by atoms with E-state index in [9.17, 15) is 9.59 Å². The number of carbonyl (C=O) groups is 2. The maximum Gasteiger partial charge on any atom is 0.411 e. The highest BCUT2D eigenvalue weighted by atomic mass is 16.5. The van der Waals surface area contributed by atoms with Crippen LogP contribution in [0.3, 0.4) is 0 Å². The fraction of sp³-hybridized carbons (Fsp3) is 0.222. The summed E-state index contributed by atoms with van der Waals surface area (Å²) in [5, 5.41) is 14.0. The summed E-state index contributed by atoms with van der Waals surface area (Å²) in [5.41, 5.74) is 1.93. The number of hydrogen-bond donors (Lipinski definition) is 3. The fourth-order valence-corrected chi connectivity index (χ4v) is 1.97. The van der Waals surface area contributed by atoms with Crippen LogP contribution in [0.5, 0.6) is 0 Å². The average molecular weight is 328 g/mol. The topological polar surface area (TPSA) is 87.7 Å². The molecule has 6 heteroatoms. The summed E-state index contributed by atoms with van der Waals surface area (Å²) in [6, 6.07) is 15.9. The molecule has 0 bridgehead atoms. The van der Waals surface area contributed by atoms with Crippen LogP contribution in [-0.4, -0.2) is 30.3 Å². The summed E-state index contributed by atoms with van der Waals surface area (Å²) in [6.45, 7) is 0.646. The number of ether oxygens (including phenoxy) is 1. The maximum absolute atomic E-state index is 11.8. The zero-order valence-electron chi connectivity index (χ0n) is 13.2. The van der Waals surface area contributed by atoms with Crippen molar-refractivity contribution in [2.24, 2.45) is 0 Å². The molecule has 3 N–H and O–H groups in total. The Kier molecular flexibility index (Phi) is 6.79. The summed E-state index contributed by atoms with van der Waals surface area (Å²) in [4.78, 5) is 23.6. The summed E-state index contributed by atoms with van der Waals surface area (Å²) < 4.78 is 5.12. The summed E-state index contributed by atoms with van der Waals surface area (Å²) in [6.07, 6.45) is -0.0439. The first-order valence-corrected chi connectivity index (χ1v) is 7.66. The highest BCUT2D eigenvalue weighted by Gasteiger charge is 2.07. The minimum absolute atomic E-state index is 0.0359. The second-order valence-corrected chi connectivity index (χ2v) is 5.10. The van der Waals surface area contributed by atoms with Gasteiger partial charge in [-0.3, -0.25) is 10.1 Å². The minimum atomic E-state index is -0.556. The first kappa shape index (κ1) is 17.5. The number of carbonyl (C=O) groups excluding carboxylic acids is 2. The van der Waals surface area contributed by atoms with Crippen LogP contribution >= 0.6 is 0 Å². The van der Waals surface area contributed by atoms with Gasteiger partial charge < -0.3 is 15.2 Å². The molecule has 0 aromatic heterocycles. The maximum atomic E-state index is 11.8. The van der Waals surface area contributed by atoms with Gasteiger partial charge in [-0.15, -0.1) is 0 Å². The number of nitrogens with one attached hydrogen (secondary N) is 2. The predicted molar refractivity (Wildman–Crippen MR) is 90.7 cm³/mol. The number of aliphatic hydroxyl groups excluding tert-OH is 1. The van der Waals surface area contributed by atoms with Crippen LogP contribution in [0, 0.1) is 0 Å². The quantitative estimate of drug-likeness (QED) is 0.682. The molecule has 0 aliphatic carbocycles. The third kappa shape index (κ3) is 5.73. The molecule has 2 amide bonds. The molecular formula is C18H20N2O4. The predicted octanol–water partition coefficient (Wildman–Crippen LogP) is 2.55. The van der Waals surface area contributed by atoms with Crippen molar-refractivity contribution >= 4 is 17.7 Å². The monoisotopic (exact) mass is 328 g/mol. The smallest absolute Gasteiger partial charge is 0.411 e. The second kappa shape index (κ2) is 9.32. The van der Waals surface area contributed by atoms with E-state index >= 15 is 0 Å². The SMILES string of the molecule is O=C(Nc1ccc(C(=O)NCCCO)cc1)OCc1ccccc1. The summed E-state index contributed by atoms with van der Waals surface area (Å²) in [7, 11) is 0. The van der Waals surface area contributed by atoms with E-state index in [2.05, 4.69) is 10.6 Å². The van der Waals surface area contributed by atoms with Gasteiger partial charge in [-0.2, -0.15) is 0 Å². The Balaban J connectivity index is 1.80. The zero-order valence-corrected chi connectivity index (χ0v) is 13.2.